The van der Waals surface area contributed by atoms with E-state index in [0.717, 1.165) is 44.1 Å². The number of hydrogen-bond donors (Lipinski definition) is 2. The Morgan fingerprint density at radius 3 is 2.48 bits per heavy atom. The van der Waals surface area contributed by atoms with Crippen LogP contribution < -0.4 is 4.74 Å². The Morgan fingerprint density at radius 1 is 1.00 bits per heavy atom. The third-order valence-corrected chi connectivity index (χ3v) is 6.59. The number of rotatable bonds is 9. The molecule has 1 unspecified atom stereocenters. The number of hydrogen-bond acceptors (Lipinski definition) is 4. The SMILES string of the molecule is OCC(O)CCC12CCC(OCc3cc(F)cc(Oc4ccccc4)c3)(CC1)C2. The summed E-state index contributed by atoms with van der Waals surface area (Å²) in [5.74, 6) is 0.808. The van der Waals surface area contributed by atoms with E-state index in [2.05, 4.69) is 0 Å². The van der Waals surface area contributed by atoms with E-state index in [1.807, 2.05) is 36.4 Å². The van der Waals surface area contributed by atoms with Gasteiger partial charge in [-0.2, -0.15) is 0 Å². The summed E-state index contributed by atoms with van der Waals surface area (Å²) in [6, 6.07) is 14.1. The van der Waals surface area contributed by atoms with Gasteiger partial charge in [-0.1, -0.05) is 18.2 Å². The zero-order chi connectivity index (χ0) is 20.3. The van der Waals surface area contributed by atoms with E-state index < -0.39 is 6.10 Å². The molecule has 0 amide bonds. The fourth-order valence-electron chi connectivity index (χ4n) is 4.99. The van der Waals surface area contributed by atoms with Gasteiger partial charge in [0.1, 0.15) is 17.3 Å². The average Bonchev–Trinajstić information content (AvgIpc) is 3.28. The molecular formula is C24H29FO4. The molecule has 0 saturated heterocycles. The van der Waals surface area contributed by atoms with E-state index in [0.29, 0.717) is 24.5 Å². The van der Waals surface area contributed by atoms with Gasteiger partial charge in [0.2, 0.25) is 0 Å². The van der Waals surface area contributed by atoms with Crippen molar-refractivity contribution >= 4 is 0 Å². The van der Waals surface area contributed by atoms with Crippen molar-refractivity contribution in [2.75, 3.05) is 6.61 Å². The molecule has 0 aliphatic heterocycles. The molecule has 0 aromatic heterocycles. The predicted octanol–water partition coefficient (Wildman–Crippen LogP) is 4.97. The number of fused-ring (bicyclic) bond motifs is 2. The summed E-state index contributed by atoms with van der Waals surface area (Å²) in [4.78, 5) is 0. The van der Waals surface area contributed by atoms with Crippen LogP contribution in [0, 0.1) is 11.2 Å². The maximum atomic E-state index is 14.1. The minimum atomic E-state index is -0.628. The van der Waals surface area contributed by atoms with Crippen LogP contribution >= 0.6 is 0 Å². The van der Waals surface area contributed by atoms with Gasteiger partial charge in [0, 0.05) is 6.07 Å². The van der Waals surface area contributed by atoms with Gasteiger partial charge in [0.15, 0.2) is 0 Å². The van der Waals surface area contributed by atoms with Crippen molar-refractivity contribution in [3.63, 3.8) is 0 Å². The van der Waals surface area contributed by atoms with Gasteiger partial charge >= 0.3 is 0 Å². The molecule has 2 aliphatic rings. The van der Waals surface area contributed by atoms with Crippen LogP contribution in [-0.2, 0) is 11.3 Å². The largest absolute Gasteiger partial charge is 0.457 e. The summed E-state index contributed by atoms with van der Waals surface area (Å²) in [6.45, 7) is 0.183. The lowest BCUT2D eigenvalue weighted by molar-refractivity contribution is -0.0487. The maximum absolute atomic E-state index is 14.1. The molecule has 2 aromatic rings. The second-order valence-corrected chi connectivity index (χ2v) is 8.73. The van der Waals surface area contributed by atoms with Gasteiger partial charge in [-0.15, -0.1) is 0 Å². The molecule has 2 fully saturated rings. The minimum Gasteiger partial charge on any atom is -0.457 e. The lowest BCUT2D eigenvalue weighted by atomic mass is 9.79. The van der Waals surface area contributed by atoms with Crippen molar-refractivity contribution in [1.29, 1.82) is 0 Å². The normalized spacial score (nSPS) is 26.6. The number of benzene rings is 2. The summed E-state index contributed by atoms with van der Waals surface area (Å²) >= 11 is 0. The van der Waals surface area contributed by atoms with Gasteiger partial charge in [0.25, 0.3) is 0 Å². The highest BCUT2D eigenvalue weighted by Gasteiger charge is 2.54. The molecule has 4 nitrogen and oxygen atoms in total. The second kappa shape index (κ2) is 8.42. The molecule has 29 heavy (non-hydrogen) atoms. The lowest BCUT2D eigenvalue weighted by Crippen LogP contribution is -2.26. The summed E-state index contributed by atoms with van der Waals surface area (Å²) in [6.07, 6.45) is 6.12. The zero-order valence-corrected chi connectivity index (χ0v) is 16.6. The maximum Gasteiger partial charge on any atom is 0.130 e. The molecule has 156 valence electrons. The van der Waals surface area contributed by atoms with E-state index in [9.17, 15) is 9.50 Å². The fourth-order valence-corrected chi connectivity index (χ4v) is 4.99. The monoisotopic (exact) mass is 400 g/mol. The quantitative estimate of drug-likeness (QED) is 0.624. The third kappa shape index (κ3) is 4.80. The Balaban J connectivity index is 1.37. The molecule has 2 aliphatic carbocycles. The van der Waals surface area contributed by atoms with Gasteiger partial charge in [-0.25, -0.2) is 4.39 Å². The van der Waals surface area contributed by atoms with E-state index in [1.54, 1.807) is 0 Å². The summed E-state index contributed by atoms with van der Waals surface area (Å²) in [5.41, 5.74) is 0.849. The van der Waals surface area contributed by atoms with E-state index in [4.69, 9.17) is 14.6 Å². The Morgan fingerprint density at radius 2 is 1.76 bits per heavy atom. The van der Waals surface area contributed by atoms with Crippen LogP contribution in [0.5, 0.6) is 11.5 Å². The lowest BCUT2D eigenvalue weighted by Gasteiger charge is -2.28. The average molecular weight is 400 g/mol. The molecule has 2 saturated carbocycles. The molecule has 2 aromatic carbocycles. The van der Waals surface area contributed by atoms with Crippen LogP contribution in [-0.4, -0.2) is 28.5 Å². The highest BCUT2D eigenvalue weighted by atomic mass is 19.1. The van der Waals surface area contributed by atoms with E-state index in [-0.39, 0.29) is 23.4 Å². The van der Waals surface area contributed by atoms with Gasteiger partial charge < -0.3 is 19.7 Å². The van der Waals surface area contributed by atoms with Crippen molar-refractivity contribution in [3.05, 3.63) is 59.9 Å². The Bertz CT molecular complexity index is 815. The summed E-state index contributed by atoms with van der Waals surface area (Å²) < 4.78 is 26.2. The topological polar surface area (TPSA) is 58.9 Å². The van der Waals surface area contributed by atoms with Crippen LogP contribution in [0.2, 0.25) is 0 Å². The molecule has 5 heteroatoms. The molecule has 0 radical (unpaired) electrons. The van der Waals surface area contributed by atoms with Crippen LogP contribution in [0.25, 0.3) is 0 Å². The van der Waals surface area contributed by atoms with Crippen molar-refractivity contribution in [2.24, 2.45) is 5.41 Å². The van der Waals surface area contributed by atoms with E-state index >= 15 is 0 Å². The van der Waals surface area contributed by atoms with Gasteiger partial charge in [0.05, 0.1) is 24.9 Å². The van der Waals surface area contributed by atoms with Crippen molar-refractivity contribution in [1.82, 2.24) is 0 Å². The van der Waals surface area contributed by atoms with Gasteiger partial charge in [-0.3, -0.25) is 0 Å². The van der Waals surface area contributed by atoms with Crippen LogP contribution in [0.1, 0.15) is 50.5 Å². The van der Waals surface area contributed by atoms with Gasteiger partial charge in [-0.05, 0) is 80.2 Å². The van der Waals surface area contributed by atoms with Crippen molar-refractivity contribution < 1.29 is 24.1 Å². The summed E-state index contributed by atoms with van der Waals surface area (Å²) in [5, 5.41) is 18.7. The smallest absolute Gasteiger partial charge is 0.130 e. The highest BCUT2D eigenvalue weighted by Crippen LogP contribution is 2.60. The number of aliphatic hydroxyl groups is 2. The zero-order valence-electron chi connectivity index (χ0n) is 16.6. The Kier molecular flexibility index (Phi) is 5.91. The Hall–Kier alpha value is -1.95. The second-order valence-electron chi connectivity index (χ2n) is 8.73. The number of aliphatic hydroxyl groups excluding tert-OH is 2. The first kappa shape index (κ1) is 20.3. The van der Waals surface area contributed by atoms with Crippen LogP contribution in [0.15, 0.2) is 48.5 Å². The molecule has 4 rings (SSSR count). The molecule has 2 bridgehead atoms. The first-order valence-electron chi connectivity index (χ1n) is 10.5. The number of para-hydroxylation sites is 1. The fraction of sp³-hybridized carbons (Fsp3) is 0.500. The first-order chi connectivity index (χ1) is 14.0. The number of halogens is 1. The first-order valence-corrected chi connectivity index (χ1v) is 10.5. The molecule has 0 spiro atoms. The minimum absolute atomic E-state index is 0.142. The van der Waals surface area contributed by atoms with Crippen LogP contribution in [0.3, 0.4) is 0 Å². The number of ether oxygens (including phenoxy) is 2. The third-order valence-electron chi connectivity index (χ3n) is 6.59. The standard InChI is InChI=1S/C24H29FO4/c25-19-12-18(13-22(14-19)29-21-4-2-1-3-5-21)16-28-24-10-8-23(17-24,9-11-24)7-6-20(27)15-26/h1-5,12-14,20,26-27H,6-11,15-17H2. The summed E-state index contributed by atoms with van der Waals surface area (Å²) in [7, 11) is 0. The van der Waals surface area contributed by atoms with Crippen molar-refractivity contribution in [3.8, 4) is 11.5 Å². The highest BCUT2D eigenvalue weighted by molar-refractivity contribution is 5.34. The molecule has 2 N–H and O–H groups in total. The predicted molar refractivity (Wildman–Crippen MR) is 108 cm³/mol. The van der Waals surface area contributed by atoms with E-state index in [1.165, 1.54) is 12.1 Å². The van der Waals surface area contributed by atoms with Crippen LogP contribution in [0.4, 0.5) is 4.39 Å². The van der Waals surface area contributed by atoms with Crippen molar-refractivity contribution in [2.45, 2.75) is 63.3 Å². The molecule has 1 atom stereocenters. The molecule has 0 heterocycles. The Labute approximate surface area is 171 Å². The molecular weight excluding hydrogens is 371 g/mol.